The molecule has 0 amide bonds. The van der Waals surface area contributed by atoms with E-state index in [4.69, 9.17) is 9.47 Å². The number of nitrogens with zero attached hydrogens (tertiary/aromatic N) is 2. The largest absolute Gasteiger partial charge is 0.493 e. The highest BCUT2D eigenvalue weighted by molar-refractivity contribution is 5.43. The van der Waals surface area contributed by atoms with Crippen molar-refractivity contribution < 1.29 is 9.47 Å². The van der Waals surface area contributed by atoms with Gasteiger partial charge in [0.2, 0.25) is 0 Å². The molecule has 0 heterocycles. The summed E-state index contributed by atoms with van der Waals surface area (Å²) >= 11 is 0. The maximum Gasteiger partial charge on any atom is 0.160 e. The number of hydrogen-bond donors (Lipinski definition) is 0. The Labute approximate surface area is 169 Å². The molecule has 0 N–H and O–H groups in total. The molecular formula is C24H32N2O2. The first kappa shape index (κ1) is 21.8. The molecule has 0 aliphatic rings. The number of nitriles is 1. The van der Waals surface area contributed by atoms with Gasteiger partial charge in [-0.1, -0.05) is 30.3 Å². The number of aryl methyl sites for hydroxylation is 1. The van der Waals surface area contributed by atoms with Gasteiger partial charge in [0.05, 0.1) is 25.7 Å². The van der Waals surface area contributed by atoms with Gasteiger partial charge in [0, 0.05) is 6.54 Å². The molecule has 4 heteroatoms. The fraction of sp³-hybridized carbons (Fsp3) is 0.458. The fourth-order valence-corrected chi connectivity index (χ4v) is 3.61. The summed E-state index contributed by atoms with van der Waals surface area (Å²) < 4.78 is 10.7. The lowest BCUT2D eigenvalue weighted by Gasteiger charge is -2.25. The Hall–Kier alpha value is -2.51. The summed E-state index contributed by atoms with van der Waals surface area (Å²) in [6.07, 6.45) is 2.79. The van der Waals surface area contributed by atoms with E-state index in [1.165, 1.54) is 11.1 Å². The van der Waals surface area contributed by atoms with Gasteiger partial charge in [-0.25, -0.2) is 0 Å². The van der Waals surface area contributed by atoms with E-state index in [0.717, 1.165) is 49.4 Å². The molecule has 2 aromatic rings. The van der Waals surface area contributed by atoms with Crippen molar-refractivity contribution in [1.29, 1.82) is 5.26 Å². The zero-order valence-corrected chi connectivity index (χ0v) is 17.8. The first-order chi connectivity index (χ1) is 13.4. The summed E-state index contributed by atoms with van der Waals surface area (Å²) in [6, 6.07) is 16.8. The highest BCUT2D eigenvalue weighted by Gasteiger charge is 2.27. The number of likely N-dealkylation sites (N-methyl/N-ethyl adjacent to an activating group) is 1. The van der Waals surface area contributed by atoms with Crippen LogP contribution in [0.5, 0.6) is 11.5 Å². The average molecular weight is 381 g/mol. The maximum absolute atomic E-state index is 9.79. The van der Waals surface area contributed by atoms with Gasteiger partial charge < -0.3 is 14.4 Å². The van der Waals surface area contributed by atoms with E-state index in [-0.39, 0.29) is 0 Å². The minimum atomic E-state index is -0.435. The third kappa shape index (κ3) is 5.50. The molecule has 2 rings (SSSR count). The Balaban J connectivity index is 1.86. The van der Waals surface area contributed by atoms with Crippen LogP contribution in [0.3, 0.4) is 0 Å². The van der Waals surface area contributed by atoms with Gasteiger partial charge in [-0.05, 0) is 75.5 Å². The summed E-state index contributed by atoms with van der Waals surface area (Å²) in [5.74, 6) is 1.53. The molecule has 0 aromatic heterocycles. The van der Waals surface area contributed by atoms with Gasteiger partial charge in [0.15, 0.2) is 11.5 Å². The average Bonchev–Trinajstić information content (AvgIpc) is 2.72. The molecule has 2 aromatic carbocycles. The molecule has 0 bridgehead atoms. The molecule has 28 heavy (non-hydrogen) atoms. The van der Waals surface area contributed by atoms with Crippen LogP contribution in [0.15, 0.2) is 42.5 Å². The first-order valence-corrected chi connectivity index (χ1v) is 9.80. The molecular weight excluding hydrogens is 348 g/mol. The third-order valence-corrected chi connectivity index (χ3v) is 5.43. The fourth-order valence-electron chi connectivity index (χ4n) is 3.61. The lowest BCUT2D eigenvalue weighted by atomic mass is 9.78. The molecule has 0 aliphatic carbocycles. The van der Waals surface area contributed by atoms with Gasteiger partial charge in [0.1, 0.15) is 0 Å². The zero-order valence-electron chi connectivity index (χ0n) is 17.8. The molecule has 0 unspecified atom stereocenters. The van der Waals surface area contributed by atoms with Crippen molar-refractivity contribution in [3.8, 4) is 17.6 Å². The van der Waals surface area contributed by atoms with Crippen LogP contribution in [-0.4, -0.2) is 39.3 Å². The van der Waals surface area contributed by atoms with Crippen LogP contribution in [0.25, 0.3) is 0 Å². The van der Waals surface area contributed by atoms with Crippen molar-refractivity contribution in [3.63, 3.8) is 0 Å². The highest BCUT2D eigenvalue weighted by Crippen LogP contribution is 2.31. The Morgan fingerprint density at radius 3 is 2.39 bits per heavy atom. The summed E-state index contributed by atoms with van der Waals surface area (Å²) in [5.41, 5.74) is 3.13. The Morgan fingerprint density at radius 2 is 1.75 bits per heavy atom. The molecule has 0 radical (unpaired) electrons. The van der Waals surface area contributed by atoms with Crippen molar-refractivity contribution >= 4 is 0 Å². The molecule has 0 saturated heterocycles. The molecule has 4 nitrogen and oxygen atoms in total. The highest BCUT2D eigenvalue weighted by atomic mass is 16.5. The minimum absolute atomic E-state index is 0.435. The van der Waals surface area contributed by atoms with Gasteiger partial charge in [-0.15, -0.1) is 0 Å². The van der Waals surface area contributed by atoms with Crippen LogP contribution in [0, 0.1) is 18.3 Å². The van der Waals surface area contributed by atoms with Crippen LogP contribution in [-0.2, 0) is 11.8 Å². The Bertz CT molecular complexity index is 812. The maximum atomic E-state index is 9.79. The number of ether oxygens (including phenoxy) is 2. The quantitative estimate of drug-likeness (QED) is 0.597. The summed E-state index contributed by atoms with van der Waals surface area (Å²) in [5, 5.41) is 9.79. The zero-order chi connectivity index (χ0) is 20.6. The van der Waals surface area contributed by atoms with E-state index in [2.05, 4.69) is 50.1 Å². The molecule has 150 valence electrons. The normalized spacial score (nSPS) is 13.0. The number of hydrogen-bond acceptors (Lipinski definition) is 4. The first-order valence-electron chi connectivity index (χ1n) is 9.80. The molecule has 0 fully saturated rings. The van der Waals surface area contributed by atoms with Crippen LogP contribution in [0.2, 0.25) is 0 Å². The summed E-state index contributed by atoms with van der Waals surface area (Å²) in [4.78, 5) is 2.33. The molecule has 0 aliphatic heterocycles. The second kappa shape index (κ2) is 10.1. The minimum Gasteiger partial charge on any atom is -0.493 e. The van der Waals surface area contributed by atoms with E-state index < -0.39 is 5.41 Å². The van der Waals surface area contributed by atoms with Crippen molar-refractivity contribution in [1.82, 2.24) is 4.90 Å². The second-order valence-corrected chi connectivity index (χ2v) is 7.60. The molecule has 1 atom stereocenters. The van der Waals surface area contributed by atoms with Crippen LogP contribution < -0.4 is 9.47 Å². The van der Waals surface area contributed by atoms with Gasteiger partial charge in [0.25, 0.3) is 0 Å². The van der Waals surface area contributed by atoms with Crippen LogP contribution in [0.1, 0.15) is 36.5 Å². The topological polar surface area (TPSA) is 45.5 Å². The summed E-state index contributed by atoms with van der Waals surface area (Å²) in [7, 11) is 5.45. The molecule has 0 spiro atoms. The van der Waals surface area contributed by atoms with Crippen LogP contribution >= 0.6 is 0 Å². The predicted octanol–water partition coefficient (Wildman–Crippen LogP) is 4.75. The van der Waals surface area contributed by atoms with Gasteiger partial charge in [-0.2, -0.15) is 5.26 Å². The van der Waals surface area contributed by atoms with Crippen molar-refractivity contribution in [2.45, 2.75) is 38.5 Å². The van der Waals surface area contributed by atoms with Crippen molar-refractivity contribution in [2.24, 2.45) is 0 Å². The Morgan fingerprint density at radius 1 is 1.04 bits per heavy atom. The lowest BCUT2D eigenvalue weighted by molar-refractivity contribution is 0.318. The second-order valence-electron chi connectivity index (χ2n) is 7.60. The predicted molar refractivity (Wildman–Crippen MR) is 114 cm³/mol. The molecule has 0 saturated carbocycles. The SMILES string of the molecule is COc1ccc(CCN(C)CCC[C@@](C)(C#N)c2ccccc2C)cc1OC. The van der Waals surface area contributed by atoms with E-state index in [1.807, 2.05) is 24.3 Å². The van der Waals surface area contributed by atoms with Crippen molar-refractivity contribution in [3.05, 3.63) is 59.2 Å². The number of rotatable bonds is 10. The van der Waals surface area contributed by atoms with E-state index in [0.29, 0.717) is 0 Å². The number of benzene rings is 2. The standard InChI is InChI=1S/C24H32N2O2/c1-19-9-6-7-10-21(19)24(2,18-25)14-8-15-26(3)16-13-20-11-12-22(27-4)23(17-20)28-5/h6-7,9-12,17H,8,13-16H2,1-5H3/t24-/m0/s1. The third-order valence-electron chi connectivity index (χ3n) is 5.43. The Kier molecular flexibility index (Phi) is 7.90. The number of methoxy groups -OCH3 is 2. The van der Waals surface area contributed by atoms with E-state index in [9.17, 15) is 5.26 Å². The smallest absolute Gasteiger partial charge is 0.160 e. The van der Waals surface area contributed by atoms with Gasteiger partial charge in [-0.3, -0.25) is 0 Å². The van der Waals surface area contributed by atoms with E-state index in [1.54, 1.807) is 14.2 Å². The van der Waals surface area contributed by atoms with Crippen LogP contribution in [0.4, 0.5) is 0 Å². The lowest BCUT2D eigenvalue weighted by Crippen LogP contribution is -2.26. The monoisotopic (exact) mass is 380 g/mol. The van der Waals surface area contributed by atoms with E-state index >= 15 is 0 Å². The summed E-state index contributed by atoms with van der Waals surface area (Å²) in [6.45, 7) is 6.07. The van der Waals surface area contributed by atoms with Gasteiger partial charge >= 0.3 is 0 Å². The van der Waals surface area contributed by atoms with Crippen molar-refractivity contribution in [2.75, 3.05) is 34.4 Å².